The van der Waals surface area contributed by atoms with Gasteiger partial charge < -0.3 is 10.6 Å². The first-order chi connectivity index (χ1) is 9.61. The van der Waals surface area contributed by atoms with Crippen molar-refractivity contribution in [2.24, 2.45) is 17.6 Å². The van der Waals surface area contributed by atoms with Crippen LogP contribution in [-0.2, 0) is 4.79 Å². The van der Waals surface area contributed by atoms with E-state index >= 15 is 0 Å². The minimum Gasteiger partial charge on any atom is -0.339 e. The molecule has 1 heterocycles. The zero-order valence-electron chi connectivity index (χ0n) is 12.3. The highest BCUT2D eigenvalue weighted by Gasteiger charge is 2.33. The number of likely N-dealkylation sites (tertiary alicyclic amines) is 1. The molecule has 2 N–H and O–H groups in total. The van der Waals surface area contributed by atoms with Gasteiger partial charge in [-0.1, -0.05) is 25.1 Å². The number of nitrogens with zero attached hydrogens (tertiary/aromatic N) is 1. The second kappa shape index (κ2) is 7.14. The molecule has 1 aliphatic heterocycles. The van der Waals surface area contributed by atoms with Gasteiger partial charge in [0.15, 0.2) is 0 Å². The van der Waals surface area contributed by atoms with Gasteiger partial charge >= 0.3 is 0 Å². The van der Waals surface area contributed by atoms with Crippen LogP contribution in [0.4, 0.5) is 0 Å². The first kappa shape index (κ1) is 15.4. The Morgan fingerprint density at radius 1 is 1.45 bits per heavy atom. The molecule has 3 atom stereocenters. The summed E-state index contributed by atoms with van der Waals surface area (Å²) in [5.41, 5.74) is 5.73. The van der Waals surface area contributed by atoms with Gasteiger partial charge in [-0.2, -0.15) is 0 Å². The monoisotopic (exact) mass is 292 g/mol. The highest BCUT2D eigenvalue weighted by Crippen LogP contribution is 2.26. The molecular formula is C16H24N2OS. The number of hydrogen-bond donors (Lipinski definition) is 1. The highest BCUT2D eigenvalue weighted by molar-refractivity contribution is 7.99. The molecule has 0 spiro atoms. The summed E-state index contributed by atoms with van der Waals surface area (Å²) in [5, 5.41) is 0. The number of amides is 1. The number of benzene rings is 1. The SMILES string of the molecule is CC(CSc1ccccc1)C(=O)N1CC(CN)CC1C. The molecule has 4 heteroatoms. The molecule has 1 aromatic carbocycles. The molecule has 2 rings (SSSR count). The molecule has 0 aliphatic carbocycles. The molecule has 1 saturated heterocycles. The maximum Gasteiger partial charge on any atom is 0.226 e. The van der Waals surface area contributed by atoms with Crippen LogP contribution in [0.3, 0.4) is 0 Å². The lowest BCUT2D eigenvalue weighted by atomic mass is 10.1. The van der Waals surface area contributed by atoms with E-state index in [1.54, 1.807) is 11.8 Å². The minimum atomic E-state index is 0.0548. The third-order valence-electron chi connectivity index (χ3n) is 3.94. The summed E-state index contributed by atoms with van der Waals surface area (Å²) in [6, 6.07) is 10.6. The van der Waals surface area contributed by atoms with Crippen LogP contribution >= 0.6 is 11.8 Å². The molecule has 110 valence electrons. The Labute approximate surface area is 125 Å². The number of thioether (sulfide) groups is 1. The summed E-state index contributed by atoms with van der Waals surface area (Å²) in [5.74, 6) is 1.64. The Hall–Kier alpha value is -1.00. The first-order valence-electron chi connectivity index (χ1n) is 7.30. The molecule has 1 fully saturated rings. The van der Waals surface area contributed by atoms with Gasteiger partial charge in [-0.25, -0.2) is 0 Å². The lowest BCUT2D eigenvalue weighted by molar-refractivity contribution is -0.134. The Morgan fingerprint density at radius 3 is 2.75 bits per heavy atom. The van der Waals surface area contributed by atoms with E-state index in [-0.39, 0.29) is 11.8 Å². The molecule has 0 radical (unpaired) electrons. The maximum atomic E-state index is 12.5. The van der Waals surface area contributed by atoms with E-state index < -0.39 is 0 Å². The third kappa shape index (κ3) is 3.76. The average molecular weight is 292 g/mol. The van der Waals surface area contributed by atoms with Crippen molar-refractivity contribution in [1.29, 1.82) is 0 Å². The number of hydrogen-bond acceptors (Lipinski definition) is 3. The lowest BCUT2D eigenvalue weighted by Gasteiger charge is -2.25. The molecule has 3 unspecified atom stereocenters. The largest absolute Gasteiger partial charge is 0.339 e. The predicted octanol–water partition coefficient (Wildman–Crippen LogP) is 2.61. The molecule has 3 nitrogen and oxygen atoms in total. The fourth-order valence-corrected chi connectivity index (χ4v) is 3.65. The van der Waals surface area contributed by atoms with E-state index in [4.69, 9.17) is 5.73 Å². The van der Waals surface area contributed by atoms with Crippen LogP contribution in [0, 0.1) is 11.8 Å². The Balaban J connectivity index is 1.86. The Bertz CT molecular complexity index is 437. The zero-order valence-corrected chi connectivity index (χ0v) is 13.1. The van der Waals surface area contributed by atoms with Crippen molar-refractivity contribution in [2.75, 3.05) is 18.8 Å². The summed E-state index contributed by atoms with van der Waals surface area (Å²) in [6.45, 7) is 5.67. The minimum absolute atomic E-state index is 0.0548. The van der Waals surface area contributed by atoms with Crippen LogP contribution < -0.4 is 5.73 Å². The van der Waals surface area contributed by atoms with Crippen LogP contribution in [0.15, 0.2) is 35.2 Å². The van der Waals surface area contributed by atoms with Gasteiger partial charge in [0.05, 0.1) is 0 Å². The van der Waals surface area contributed by atoms with Crippen LogP contribution in [0.2, 0.25) is 0 Å². The van der Waals surface area contributed by atoms with Crippen molar-refractivity contribution >= 4 is 17.7 Å². The normalized spacial score (nSPS) is 23.9. The Kier molecular flexibility index (Phi) is 5.49. The number of carbonyl (C=O) groups is 1. The summed E-state index contributed by atoms with van der Waals surface area (Å²) in [7, 11) is 0. The average Bonchev–Trinajstić information content (AvgIpc) is 2.86. The third-order valence-corrected chi connectivity index (χ3v) is 5.21. The molecule has 20 heavy (non-hydrogen) atoms. The van der Waals surface area contributed by atoms with Gasteiger partial charge in [-0.15, -0.1) is 11.8 Å². The van der Waals surface area contributed by atoms with Gasteiger partial charge in [0, 0.05) is 29.2 Å². The quantitative estimate of drug-likeness (QED) is 0.849. The number of carbonyl (C=O) groups excluding carboxylic acids is 1. The standard InChI is InChI=1S/C16H24N2OS/c1-12(11-20-15-6-4-3-5-7-15)16(19)18-10-14(9-17)8-13(18)2/h3-7,12-14H,8-11,17H2,1-2H3. The van der Waals surface area contributed by atoms with Gasteiger partial charge in [-0.05, 0) is 37.9 Å². The molecule has 1 amide bonds. The zero-order chi connectivity index (χ0) is 14.5. The molecule has 1 aromatic rings. The number of nitrogens with two attached hydrogens (primary N) is 1. The van der Waals surface area contributed by atoms with Crippen molar-refractivity contribution in [3.05, 3.63) is 30.3 Å². The van der Waals surface area contributed by atoms with Crippen LogP contribution in [0.25, 0.3) is 0 Å². The topological polar surface area (TPSA) is 46.3 Å². The van der Waals surface area contributed by atoms with Gasteiger partial charge in [0.2, 0.25) is 5.91 Å². The smallest absolute Gasteiger partial charge is 0.226 e. The first-order valence-corrected chi connectivity index (χ1v) is 8.28. The van der Waals surface area contributed by atoms with Crippen molar-refractivity contribution in [1.82, 2.24) is 4.90 Å². The second-order valence-electron chi connectivity index (χ2n) is 5.70. The summed E-state index contributed by atoms with van der Waals surface area (Å²) >= 11 is 1.75. The van der Waals surface area contributed by atoms with Crippen LogP contribution in [0.1, 0.15) is 20.3 Å². The predicted molar refractivity (Wildman–Crippen MR) is 84.7 cm³/mol. The van der Waals surface area contributed by atoms with Crippen molar-refractivity contribution in [2.45, 2.75) is 31.2 Å². The van der Waals surface area contributed by atoms with E-state index in [1.807, 2.05) is 30.0 Å². The molecule has 0 bridgehead atoms. The number of rotatable bonds is 5. The molecule has 1 aliphatic rings. The van der Waals surface area contributed by atoms with E-state index in [9.17, 15) is 4.79 Å². The van der Waals surface area contributed by atoms with E-state index in [1.165, 1.54) is 4.90 Å². The molecule has 0 aromatic heterocycles. The van der Waals surface area contributed by atoms with Crippen LogP contribution in [-0.4, -0.2) is 35.7 Å². The maximum absolute atomic E-state index is 12.5. The lowest BCUT2D eigenvalue weighted by Crippen LogP contribution is -2.38. The van der Waals surface area contributed by atoms with Crippen molar-refractivity contribution < 1.29 is 4.79 Å². The summed E-state index contributed by atoms with van der Waals surface area (Å²) in [4.78, 5) is 15.8. The van der Waals surface area contributed by atoms with E-state index in [0.717, 1.165) is 18.7 Å². The van der Waals surface area contributed by atoms with Gasteiger partial charge in [0.25, 0.3) is 0 Å². The molecule has 0 saturated carbocycles. The fraction of sp³-hybridized carbons (Fsp3) is 0.562. The van der Waals surface area contributed by atoms with Crippen molar-refractivity contribution in [3.8, 4) is 0 Å². The van der Waals surface area contributed by atoms with Crippen molar-refractivity contribution in [3.63, 3.8) is 0 Å². The van der Waals surface area contributed by atoms with Crippen LogP contribution in [0.5, 0.6) is 0 Å². The van der Waals surface area contributed by atoms with E-state index in [2.05, 4.69) is 19.1 Å². The second-order valence-corrected chi connectivity index (χ2v) is 6.80. The van der Waals surface area contributed by atoms with E-state index in [0.29, 0.717) is 18.5 Å². The summed E-state index contributed by atoms with van der Waals surface area (Å²) in [6.07, 6.45) is 1.04. The molecular weight excluding hydrogens is 268 g/mol. The van der Waals surface area contributed by atoms with Gasteiger partial charge in [0.1, 0.15) is 0 Å². The highest BCUT2D eigenvalue weighted by atomic mass is 32.2. The summed E-state index contributed by atoms with van der Waals surface area (Å²) < 4.78 is 0. The van der Waals surface area contributed by atoms with Gasteiger partial charge in [-0.3, -0.25) is 4.79 Å². The fourth-order valence-electron chi connectivity index (χ4n) is 2.71. The Morgan fingerprint density at radius 2 is 2.15 bits per heavy atom.